The smallest absolute Gasteiger partial charge is 0.0543 e. The summed E-state index contributed by atoms with van der Waals surface area (Å²) < 4.78 is 5.10. The fourth-order valence-electron chi connectivity index (χ4n) is 0.686. The molecule has 0 radical (unpaired) electrons. The Hall–Kier alpha value is -0.0400. The molecule has 1 nitrogen and oxygen atoms in total. The van der Waals surface area contributed by atoms with Gasteiger partial charge in [0.05, 0.1) is 6.10 Å². The molecule has 0 saturated heterocycles. The van der Waals surface area contributed by atoms with E-state index in [0.29, 0.717) is 6.10 Å². The minimum Gasteiger partial charge on any atom is -0.382 e. The van der Waals surface area contributed by atoms with E-state index in [4.69, 9.17) is 4.74 Å². The van der Waals surface area contributed by atoms with Crippen LogP contribution in [0.5, 0.6) is 0 Å². The van der Waals surface area contributed by atoms with Gasteiger partial charge in [-0.15, -0.1) is 0 Å². The second-order valence-electron chi connectivity index (χ2n) is 3.02. The molecule has 0 N–H and O–H groups in total. The Balaban J connectivity index is 3.06. The Kier molecular flexibility index (Phi) is 4.78. The van der Waals surface area contributed by atoms with Gasteiger partial charge in [0.1, 0.15) is 0 Å². The van der Waals surface area contributed by atoms with Crippen LogP contribution in [0.4, 0.5) is 0 Å². The molecule has 0 heterocycles. The number of hydrogen-bond acceptors (Lipinski definition) is 1. The molecular formula is C8H18O. The summed E-state index contributed by atoms with van der Waals surface area (Å²) in [5.41, 5.74) is 0. The van der Waals surface area contributed by atoms with Gasteiger partial charge in [-0.1, -0.05) is 13.8 Å². The minimum atomic E-state index is 0.437. The molecule has 0 fully saturated rings. The van der Waals surface area contributed by atoms with Gasteiger partial charge in [0, 0.05) is 7.11 Å². The summed E-state index contributed by atoms with van der Waals surface area (Å²) in [5.74, 6) is 0.808. The summed E-state index contributed by atoms with van der Waals surface area (Å²) in [6.45, 7) is 6.59. The van der Waals surface area contributed by atoms with Crippen molar-refractivity contribution in [1.82, 2.24) is 0 Å². The van der Waals surface area contributed by atoms with Gasteiger partial charge in [-0.25, -0.2) is 0 Å². The number of methoxy groups -OCH3 is 1. The van der Waals surface area contributed by atoms with Gasteiger partial charge in [-0.2, -0.15) is 0 Å². The van der Waals surface area contributed by atoms with E-state index in [-0.39, 0.29) is 0 Å². The van der Waals surface area contributed by atoms with Crippen molar-refractivity contribution in [3.8, 4) is 0 Å². The maximum Gasteiger partial charge on any atom is 0.0543 e. The molecule has 0 spiro atoms. The summed E-state index contributed by atoms with van der Waals surface area (Å²) in [5, 5.41) is 0. The van der Waals surface area contributed by atoms with E-state index in [1.165, 1.54) is 12.8 Å². The minimum absolute atomic E-state index is 0.437. The lowest BCUT2D eigenvalue weighted by atomic mass is 10.1. The third-order valence-corrected chi connectivity index (χ3v) is 1.55. The van der Waals surface area contributed by atoms with Gasteiger partial charge in [-0.05, 0) is 25.7 Å². The molecule has 0 unspecified atom stereocenters. The molecule has 1 heteroatoms. The molecule has 0 bridgehead atoms. The van der Waals surface area contributed by atoms with E-state index in [1.807, 2.05) is 0 Å². The molecule has 0 rings (SSSR count). The van der Waals surface area contributed by atoms with E-state index in [9.17, 15) is 0 Å². The predicted octanol–water partition coefficient (Wildman–Crippen LogP) is 2.46. The molecule has 0 aliphatic heterocycles. The normalized spacial score (nSPS) is 14.3. The van der Waals surface area contributed by atoms with Crippen LogP contribution in [0.15, 0.2) is 0 Å². The van der Waals surface area contributed by atoms with Crippen LogP contribution < -0.4 is 0 Å². The number of ether oxygens (including phenoxy) is 1. The van der Waals surface area contributed by atoms with E-state index in [0.717, 1.165) is 5.92 Å². The summed E-state index contributed by atoms with van der Waals surface area (Å²) in [4.78, 5) is 0. The van der Waals surface area contributed by atoms with Crippen molar-refractivity contribution in [2.24, 2.45) is 5.92 Å². The zero-order chi connectivity index (χ0) is 7.28. The van der Waals surface area contributed by atoms with Crippen LogP contribution >= 0.6 is 0 Å². The molecule has 0 aromatic carbocycles. The Morgan fingerprint density at radius 1 is 1.11 bits per heavy atom. The average Bonchev–Trinajstić information content (AvgIpc) is 1.83. The molecule has 0 aromatic rings. The third-order valence-electron chi connectivity index (χ3n) is 1.55. The lowest BCUT2D eigenvalue weighted by Crippen LogP contribution is -2.05. The van der Waals surface area contributed by atoms with Gasteiger partial charge < -0.3 is 4.74 Å². The van der Waals surface area contributed by atoms with Crippen LogP contribution in [-0.4, -0.2) is 13.2 Å². The Morgan fingerprint density at radius 3 is 2.00 bits per heavy atom. The van der Waals surface area contributed by atoms with Crippen molar-refractivity contribution in [2.45, 2.75) is 39.7 Å². The summed E-state index contributed by atoms with van der Waals surface area (Å²) in [6, 6.07) is 0. The quantitative estimate of drug-likeness (QED) is 0.568. The highest BCUT2D eigenvalue weighted by Crippen LogP contribution is 2.07. The Bertz CT molecular complexity index is 59.6. The Labute approximate surface area is 58.4 Å². The average molecular weight is 130 g/mol. The first kappa shape index (κ1) is 8.96. The molecular weight excluding hydrogens is 112 g/mol. The highest BCUT2D eigenvalue weighted by Gasteiger charge is 1.99. The third kappa shape index (κ3) is 5.84. The fraction of sp³-hybridized carbons (Fsp3) is 1.00. The van der Waals surface area contributed by atoms with Gasteiger partial charge in [-0.3, -0.25) is 0 Å². The van der Waals surface area contributed by atoms with Crippen LogP contribution in [0.25, 0.3) is 0 Å². The summed E-state index contributed by atoms with van der Waals surface area (Å²) in [7, 11) is 1.77. The van der Waals surface area contributed by atoms with E-state index < -0.39 is 0 Å². The van der Waals surface area contributed by atoms with Crippen molar-refractivity contribution in [3.63, 3.8) is 0 Å². The van der Waals surface area contributed by atoms with Crippen LogP contribution in [0, 0.1) is 5.92 Å². The molecule has 0 aliphatic rings. The van der Waals surface area contributed by atoms with Crippen LogP contribution in [0.2, 0.25) is 0 Å². The van der Waals surface area contributed by atoms with Crippen LogP contribution in [0.3, 0.4) is 0 Å². The lowest BCUT2D eigenvalue weighted by molar-refractivity contribution is 0.106. The Morgan fingerprint density at radius 2 is 1.67 bits per heavy atom. The second kappa shape index (κ2) is 4.80. The second-order valence-corrected chi connectivity index (χ2v) is 3.02. The molecule has 1 atom stereocenters. The maximum atomic E-state index is 5.10. The molecule has 0 amide bonds. The van der Waals surface area contributed by atoms with E-state index in [1.54, 1.807) is 7.11 Å². The van der Waals surface area contributed by atoms with Gasteiger partial charge >= 0.3 is 0 Å². The van der Waals surface area contributed by atoms with Crippen molar-refractivity contribution in [1.29, 1.82) is 0 Å². The van der Waals surface area contributed by atoms with E-state index >= 15 is 0 Å². The van der Waals surface area contributed by atoms with Crippen LogP contribution in [0.1, 0.15) is 33.6 Å². The van der Waals surface area contributed by atoms with Crippen LogP contribution in [-0.2, 0) is 4.74 Å². The first-order chi connectivity index (χ1) is 4.16. The zero-order valence-corrected chi connectivity index (χ0v) is 6.98. The summed E-state index contributed by atoms with van der Waals surface area (Å²) >= 11 is 0. The number of rotatable bonds is 4. The highest BCUT2D eigenvalue weighted by molar-refractivity contribution is 4.51. The van der Waals surface area contributed by atoms with E-state index in [2.05, 4.69) is 20.8 Å². The zero-order valence-electron chi connectivity index (χ0n) is 6.98. The van der Waals surface area contributed by atoms with Crippen molar-refractivity contribution in [2.75, 3.05) is 7.11 Å². The predicted molar refractivity (Wildman–Crippen MR) is 40.5 cm³/mol. The molecule has 0 aromatic heterocycles. The fourth-order valence-corrected chi connectivity index (χ4v) is 0.686. The lowest BCUT2D eigenvalue weighted by Gasteiger charge is -2.09. The SMILES string of the molecule is CO[C@@H](C)CCC(C)C. The summed E-state index contributed by atoms with van der Waals surface area (Å²) in [6.07, 6.45) is 2.90. The van der Waals surface area contributed by atoms with Gasteiger partial charge in [0.15, 0.2) is 0 Å². The molecule has 0 saturated carbocycles. The number of hydrogen-bond donors (Lipinski definition) is 0. The molecule has 56 valence electrons. The van der Waals surface area contributed by atoms with Gasteiger partial charge in [0.2, 0.25) is 0 Å². The maximum absolute atomic E-state index is 5.10. The van der Waals surface area contributed by atoms with Gasteiger partial charge in [0.25, 0.3) is 0 Å². The molecule has 9 heavy (non-hydrogen) atoms. The molecule has 0 aliphatic carbocycles. The largest absolute Gasteiger partial charge is 0.382 e. The van der Waals surface area contributed by atoms with Crippen molar-refractivity contribution < 1.29 is 4.74 Å². The standard InChI is InChI=1S/C8H18O/c1-7(2)5-6-8(3)9-4/h7-8H,5-6H2,1-4H3/t8-/m0/s1. The van der Waals surface area contributed by atoms with Crippen molar-refractivity contribution >= 4 is 0 Å². The first-order valence-electron chi connectivity index (χ1n) is 3.69. The monoisotopic (exact) mass is 130 g/mol. The van der Waals surface area contributed by atoms with Crippen molar-refractivity contribution in [3.05, 3.63) is 0 Å². The highest BCUT2D eigenvalue weighted by atomic mass is 16.5. The topological polar surface area (TPSA) is 9.23 Å². The first-order valence-corrected chi connectivity index (χ1v) is 3.69.